The molecule has 54 heavy (non-hydrogen) atoms. The number of hydrogen-bond acceptors (Lipinski definition) is 1. The van der Waals surface area contributed by atoms with E-state index in [0.29, 0.717) is 0 Å². The second-order valence-electron chi connectivity index (χ2n) is 14.0. The molecule has 1 nitrogen and oxygen atoms in total. The van der Waals surface area contributed by atoms with E-state index < -0.39 is 5.41 Å². The van der Waals surface area contributed by atoms with Gasteiger partial charge in [-0.2, -0.15) is 0 Å². The van der Waals surface area contributed by atoms with Crippen molar-refractivity contribution < 1.29 is 0 Å². The molecule has 10 rings (SSSR count). The first-order chi connectivity index (χ1) is 26.8. The van der Waals surface area contributed by atoms with Crippen LogP contribution in [0, 0.1) is 0 Å². The lowest BCUT2D eigenvalue weighted by atomic mass is 9.67. The van der Waals surface area contributed by atoms with Gasteiger partial charge in [-0.25, -0.2) is 0 Å². The second kappa shape index (κ2) is 13.2. The predicted octanol–water partition coefficient (Wildman–Crippen LogP) is 14.0. The topological polar surface area (TPSA) is 3.24 Å². The van der Waals surface area contributed by atoms with Gasteiger partial charge in [-0.3, -0.25) is 0 Å². The molecule has 0 saturated carbocycles. The zero-order valence-electron chi connectivity index (χ0n) is 29.8. The summed E-state index contributed by atoms with van der Waals surface area (Å²) in [5.74, 6) is 0. The minimum atomic E-state index is -0.499. The molecule has 9 aromatic rings. The van der Waals surface area contributed by atoms with Gasteiger partial charge in [0.25, 0.3) is 0 Å². The van der Waals surface area contributed by atoms with Crippen LogP contribution >= 0.6 is 0 Å². The van der Waals surface area contributed by atoms with Gasteiger partial charge in [-0.1, -0.05) is 194 Å². The van der Waals surface area contributed by atoms with E-state index >= 15 is 0 Å². The monoisotopic (exact) mass is 687 g/mol. The highest BCUT2D eigenvalue weighted by atomic mass is 15.1. The number of fused-ring (bicyclic) bond motifs is 4. The Kier molecular flexibility index (Phi) is 7.78. The van der Waals surface area contributed by atoms with Gasteiger partial charge < -0.3 is 4.90 Å². The molecule has 0 bridgehead atoms. The molecule has 1 heteroatoms. The summed E-state index contributed by atoms with van der Waals surface area (Å²) in [5, 5.41) is 2.42. The molecule has 0 N–H and O–H groups in total. The largest absolute Gasteiger partial charge is 0.310 e. The molecular formula is C53H37N. The standard InChI is InChI=1S/C53H37N/c1-6-20-38(21-7-1)48-37-51(46-31-16-17-32-47(46)52(48)39-22-8-2-9-23-39)54(42-28-14-5-15-29-42)43-34-35-45-44-30-18-19-33-49(44)53(50(45)36-43,40-24-10-3-11-25-40)41-26-12-4-13-27-41/h1-37H. The number of para-hydroxylation sites is 1. The van der Waals surface area contributed by atoms with Crippen molar-refractivity contribution in [1.29, 1.82) is 0 Å². The number of rotatable bonds is 7. The van der Waals surface area contributed by atoms with Crippen LogP contribution < -0.4 is 4.90 Å². The van der Waals surface area contributed by atoms with Gasteiger partial charge in [0.05, 0.1) is 11.1 Å². The molecule has 0 atom stereocenters. The van der Waals surface area contributed by atoms with E-state index in [0.717, 1.165) is 17.1 Å². The Morgan fingerprint density at radius 3 is 1.46 bits per heavy atom. The second-order valence-corrected chi connectivity index (χ2v) is 14.0. The Morgan fingerprint density at radius 1 is 0.315 bits per heavy atom. The molecule has 9 aromatic carbocycles. The average Bonchev–Trinajstić information content (AvgIpc) is 3.55. The Labute approximate surface area is 317 Å². The van der Waals surface area contributed by atoms with Crippen molar-refractivity contribution in [2.45, 2.75) is 5.41 Å². The van der Waals surface area contributed by atoms with Crippen LogP contribution in [0.3, 0.4) is 0 Å². The molecule has 254 valence electrons. The van der Waals surface area contributed by atoms with Gasteiger partial charge in [-0.05, 0) is 91.4 Å². The highest BCUT2D eigenvalue weighted by Gasteiger charge is 2.46. The first kappa shape index (κ1) is 31.7. The fraction of sp³-hybridized carbons (Fsp3) is 0.0189. The molecule has 0 amide bonds. The Bertz CT molecular complexity index is 2700. The third kappa shape index (κ3) is 5.01. The smallest absolute Gasteiger partial charge is 0.0714 e. The molecule has 0 radical (unpaired) electrons. The van der Waals surface area contributed by atoms with E-state index in [1.165, 1.54) is 66.4 Å². The predicted molar refractivity (Wildman–Crippen MR) is 227 cm³/mol. The number of nitrogens with zero attached hydrogens (tertiary/aromatic N) is 1. The van der Waals surface area contributed by atoms with Crippen molar-refractivity contribution >= 4 is 27.8 Å². The number of hydrogen-bond donors (Lipinski definition) is 0. The molecular weight excluding hydrogens is 651 g/mol. The molecule has 0 heterocycles. The summed E-state index contributed by atoms with van der Waals surface area (Å²) >= 11 is 0. The van der Waals surface area contributed by atoms with Crippen LogP contribution in [0.1, 0.15) is 22.3 Å². The quantitative estimate of drug-likeness (QED) is 0.161. The van der Waals surface area contributed by atoms with Crippen molar-refractivity contribution in [2.24, 2.45) is 0 Å². The summed E-state index contributed by atoms with van der Waals surface area (Å²) in [4.78, 5) is 2.47. The fourth-order valence-corrected chi connectivity index (χ4v) is 8.88. The minimum absolute atomic E-state index is 0.499. The van der Waals surface area contributed by atoms with Gasteiger partial charge in [0.2, 0.25) is 0 Å². The first-order valence-electron chi connectivity index (χ1n) is 18.7. The van der Waals surface area contributed by atoms with Gasteiger partial charge in [-0.15, -0.1) is 0 Å². The maximum atomic E-state index is 2.47. The molecule has 1 aliphatic rings. The van der Waals surface area contributed by atoms with E-state index in [4.69, 9.17) is 0 Å². The van der Waals surface area contributed by atoms with E-state index in [2.05, 4.69) is 229 Å². The van der Waals surface area contributed by atoms with Gasteiger partial charge in [0, 0.05) is 16.8 Å². The Hall–Kier alpha value is -6.96. The summed E-state index contributed by atoms with van der Waals surface area (Å²) < 4.78 is 0. The highest BCUT2D eigenvalue weighted by Crippen LogP contribution is 2.57. The third-order valence-electron chi connectivity index (χ3n) is 11.1. The molecule has 0 fully saturated rings. The zero-order valence-corrected chi connectivity index (χ0v) is 29.8. The Balaban J connectivity index is 1.30. The Morgan fingerprint density at radius 2 is 0.815 bits per heavy atom. The lowest BCUT2D eigenvalue weighted by Crippen LogP contribution is -2.28. The van der Waals surface area contributed by atoms with Gasteiger partial charge in [0.1, 0.15) is 0 Å². The summed E-state index contributed by atoms with van der Waals surface area (Å²) in [7, 11) is 0. The van der Waals surface area contributed by atoms with Crippen LogP contribution in [0.25, 0.3) is 44.2 Å². The van der Waals surface area contributed by atoms with E-state index in [1.54, 1.807) is 0 Å². The first-order valence-corrected chi connectivity index (χ1v) is 18.7. The van der Waals surface area contributed by atoms with E-state index in [1.807, 2.05) is 0 Å². The van der Waals surface area contributed by atoms with Crippen molar-refractivity contribution in [2.75, 3.05) is 4.90 Å². The highest BCUT2D eigenvalue weighted by molar-refractivity contribution is 6.11. The van der Waals surface area contributed by atoms with Gasteiger partial charge >= 0.3 is 0 Å². The van der Waals surface area contributed by atoms with Gasteiger partial charge in [0.15, 0.2) is 0 Å². The maximum absolute atomic E-state index is 2.47. The minimum Gasteiger partial charge on any atom is -0.310 e. The fourth-order valence-electron chi connectivity index (χ4n) is 8.88. The van der Waals surface area contributed by atoms with Crippen LogP contribution in [0.5, 0.6) is 0 Å². The summed E-state index contributed by atoms with van der Waals surface area (Å²) in [6, 6.07) is 82.0. The average molecular weight is 688 g/mol. The third-order valence-corrected chi connectivity index (χ3v) is 11.1. The van der Waals surface area contributed by atoms with Crippen molar-refractivity contribution in [3.63, 3.8) is 0 Å². The SMILES string of the molecule is c1ccc(-c2cc(N(c3ccccc3)c3ccc4c(c3)C(c3ccccc3)(c3ccccc3)c3ccccc3-4)c3ccccc3c2-c2ccccc2)cc1. The molecule has 0 aromatic heterocycles. The maximum Gasteiger partial charge on any atom is 0.0714 e. The normalized spacial score (nSPS) is 12.6. The molecule has 1 aliphatic carbocycles. The van der Waals surface area contributed by atoms with Crippen LogP contribution in [-0.2, 0) is 5.41 Å². The molecule has 0 unspecified atom stereocenters. The van der Waals surface area contributed by atoms with Crippen molar-refractivity contribution in [3.8, 4) is 33.4 Å². The molecule has 0 saturated heterocycles. The summed E-state index contributed by atoms with van der Waals surface area (Å²) in [6.07, 6.45) is 0. The van der Waals surface area contributed by atoms with Crippen molar-refractivity contribution in [1.82, 2.24) is 0 Å². The van der Waals surface area contributed by atoms with Crippen molar-refractivity contribution in [3.05, 3.63) is 247 Å². The zero-order chi connectivity index (χ0) is 35.9. The summed E-state index contributed by atoms with van der Waals surface area (Å²) in [5.41, 5.74) is 15.4. The van der Waals surface area contributed by atoms with Crippen LogP contribution in [0.2, 0.25) is 0 Å². The van der Waals surface area contributed by atoms with E-state index in [-0.39, 0.29) is 0 Å². The lowest BCUT2D eigenvalue weighted by Gasteiger charge is -2.35. The van der Waals surface area contributed by atoms with E-state index in [9.17, 15) is 0 Å². The number of anilines is 3. The number of benzene rings is 9. The summed E-state index contributed by atoms with van der Waals surface area (Å²) in [6.45, 7) is 0. The van der Waals surface area contributed by atoms with Crippen LogP contribution in [-0.4, -0.2) is 0 Å². The van der Waals surface area contributed by atoms with Crippen LogP contribution in [0.4, 0.5) is 17.1 Å². The molecule has 0 spiro atoms. The molecule has 0 aliphatic heterocycles. The van der Waals surface area contributed by atoms with Crippen LogP contribution in [0.15, 0.2) is 224 Å². The lowest BCUT2D eigenvalue weighted by molar-refractivity contribution is 0.768.